The lowest BCUT2D eigenvalue weighted by Gasteiger charge is -2.16. The smallest absolute Gasteiger partial charge is 0.242 e. The normalized spacial score (nSPS) is 17.5. The molecule has 3 rings (SSSR count). The molecule has 1 aliphatic rings. The zero-order valence-electron chi connectivity index (χ0n) is 17.4. The summed E-state index contributed by atoms with van der Waals surface area (Å²) in [5.41, 5.74) is 3.01. The van der Waals surface area contributed by atoms with Crippen LogP contribution in [0.3, 0.4) is 0 Å². The van der Waals surface area contributed by atoms with Crippen LogP contribution in [0.25, 0.3) is 0 Å². The molecule has 31 heavy (non-hydrogen) atoms. The highest BCUT2D eigenvalue weighted by Gasteiger charge is 2.39. The van der Waals surface area contributed by atoms with Crippen LogP contribution in [0.2, 0.25) is 10.0 Å². The number of carbonyl (C=O) groups excluding carboxylic acids is 2. The summed E-state index contributed by atoms with van der Waals surface area (Å²) in [6.45, 7) is 4.46. The summed E-state index contributed by atoms with van der Waals surface area (Å²) >= 11 is 13.6. The van der Waals surface area contributed by atoms with Crippen LogP contribution in [-0.4, -0.2) is 47.4 Å². The molecule has 0 aromatic heterocycles. The molecule has 1 N–H and O–H groups in total. The highest BCUT2D eigenvalue weighted by molar-refractivity contribution is 8.15. The van der Waals surface area contributed by atoms with E-state index in [1.165, 1.54) is 11.8 Å². The number of aliphatic imine (C=N–C) groups is 1. The molecule has 6 nitrogen and oxygen atoms in total. The second-order valence-corrected chi connectivity index (χ2v) is 9.07. The minimum absolute atomic E-state index is 0.0204. The summed E-state index contributed by atoms with van der Waals surface area (Å²) in [5, 5.41) is 3.97. The topological polar surface area (TPSA) is 71.0 Å². The summed E-state index contributed by atoms with van der Waals surface area (Å²) in [6.07, 6.45) is 0.0204. The molecule has 1 aliphatic heterocycles. The third-order valence-electron chi connectivity index (χ3n) is 4.83. The van der Waals surface area contributed by atoms with Gasteiger partial charge >= 0.3 is 0 Å². The Bertz CT molecular complexity index is 1030. The van der Waals surface area contributed by atoms with Gasteiger partial charge in [-0.25, -0.2) is 4.99 Å². The van der Waals surface area contributed by atoms with Crippen molar-refractivity contribution >= 4 is 63.3 Å². The van der Waals surface area contributed by atoms with Crippen molar-refractivity contribution < 1.29 is 14.3 Å². The number of amidine groups is 1. The van der Waals surface area contributed by atoms with Crippen molar-refractivity contribution in [2.45, 2.75) is 25.5 Å². The number of ether oxygens (including phenoxy) is 1. The number of amides is 2. The predicted octanol–water partition coefficient (Wildman–Crippen LogP) is 5.22. The molecule has 0 bridgehead atoms. The molecule has 9 heteroatoms. The molecule has 0 radical (unpaired) electrons. The maximum absolute atomic E-state index is 13.0. The number of carbonyl (C=O) groups is 2. The number of halogens is 2. The number of rotatable bonds is 7. The standard InChI is InChI=1S/C22H23Cl2N3O3S/c1-13-7-8-15(11-17(13)24)25-22-27(9-10-30-3)21(29)19(31-22)12-20(28)26-18-6-4-5-16(23)14(18)2/h4-8,11,19H,9-10,12H2,1-3H3,(H,26,28)/t19-/m1/s1. The van der Waals surface area contributed by atoms with E-state index in [0.717, 1.165) is 11.1 Å². The molecular formula is C22H23Cl2N3O3S. The number of anilines is 1. The van der Waals surface area contributed by atoms with Crippen LogP contribution in [0, 0.1) is 13.8 Å². The van der Waals surface area contributed by atoms with Gasteiger partial charge in [-0.3, -0.25) is 14.5 Å². The molecule has 0 spiro atoms. The largest absolute Gasteiger partial charge is 0.383 e. The molecule has 164 valence electrons. The molecule has 1 fully saturated rings. The Labute approximate surface area is 196 Å². The first-order chi connectivity index (χ1) is 14.8. The first-order valence-electron chi connectivity index (χ1n) is 9.67. The molecule has 0 aliphatic carbocycles. The number of nitrogens with zero attached hydrogens (tertiary/aromatic N) is 2. The predicted molar refractivity (Wildman–Crippen MR) is 128 cm³/mol. The van der Waals surface area contributed by atoms with Crippen LogP contribution < -0.4 is 5.32 Å². The summed E-state index contributed by atoms with van der Waals surface area (Å²) in [7, 11) is 1.57. The lowest BCUT2D eigenvalue weighted by molar-refractivity contribution is -0.128. The molecule has 1 saturated heterocycles. The highest BCUT2D eigenvalue weighted by atomic mass is 35.5. The fourth-order valence-corrected chi connectivity index (χ4v) is 4.52. The van der Waals surface area contributed by atoms with Gasteiger partial charge in [-0.15, -0.1) is 0 Å². The maximum atomic E-state index is 13.0. The van der Waals surface area contributed by atoms with E-state index in [0.29, 0.717) is 39.7 Å². The molecule has 1 atom stereocenters. The zero-order chi connectivity index (χ0) is 22.5. The Morgan fingerprint density at radius 1 is 1.23 bits per heavy atom. The molecule has 2 aromatic rings. The lowest BCUT2D eigenvalue weighted by Crippen LogP contribution is -2.35. The van der Waals surface area contributed by atoms with E-state index in [2.05, 4.69) is 10.3 Å². The van der Waals surface area contributed by atoms with Gasteiger partial charge in [-0.1, -0.05) is 47.1 Å². The summed E-state index contributed by atoms with van der Waals surface area (Å²) < 4.78 is 5.13. The van der Waals surface area contributed by atoms with E-state index < -0.39 is 5.25 Å². The number of hydrogen-bond acceptors (Lipinski definition) is 5. The van der Waals surface area contributed by atoms with Crippen molar-refractivity contribution in [2.24, 2.45) is 4.99 Å². The second kappa shape index (κ2) is 10.5. The van der Waals surface area contributed by atoms with E-state index in [-0.39, 0.29) is 18.2 Å². The Hall–Kier alpha value is -2.06. The van der Waals surface area contributed by atoms with Crippen LogP contribution >= 0.6 is 35.0 Å². The van der Waals surface area contributed by atoms with Gasteiger partial charge in [0.05, 0.1) is 18.8 Å². The fourth-order valence-electron chi connectivity index (χ4n) is 2.99. The maximum Gasteiger partial charge on any atom is 0.242 e. The van der Waals surface area contributed by atoms with E-state index in [4.69, 9.17) is 27.9 Å². The van der Waals surface area contributed by atoms with Crippen LogP contribution in [0.5, 0.6) is 0 Å². The van der Waals surface area contributed by atoms with Gasteiger partial charge in [0.25, 0.3) is 0 Å². The Morgan fingerprint density at radius 3 is 2.71 bits per heavy atom. The average Bonchev–Trinajstić information content (AvgIpc) is 3.01. The summed E-state index contributed by atoms with van der Waals surface area (Å²) in [4.78, 5) is 31.8. The highest BCUT2D eigenvalue weighted by Crippen LogP contribution is 2.33. The number of benzene rings is 2. The quantitative estimate of drug-likeness (QED) is 0.590. The minimum Gasteiger partial charge on any atom is -0.383 e. The lowest BCUT2D eigenvalue weighted by atomic mass is 10.2. The first kappa shape index (κ1) is 23.6. The molecular weight excluding hydrogens is 457 g/mol. The fraction of sp³-hybridized carbons (Fsp3) is 0.318. The SMILES string of the molecule is COCCN1C(=O)[C@@H](CC(=O)Nc2cccc(Cl)c2C)SC1=Nc1ccc(C)c(Cl)c1. The summed E-state index contributed by atoms with van der Waals surface area (Å²) in [5.74, 6) is -0.431. The van der Waals surface area contributed by atoms with E-state index in [1.807, 2.05) is 26.0 Å². The number of nitrogens with one attached hydrogen (secondary N) is 1. The van der Waals surface area contributed by atoms with Crippen LogP contribution in [0.1, 0.15) is 17.5 Å². The van der Waals surface area contributed by atoms with Crippen molar-refractivity contribution in [3.8, 4) is 0 Å². The molecule has 0 unspecified atom stereocenters. The van der Waals surface area contributed by atoms with Gasteiger partial charge in [-0.05, 0) is 49.2 Å². The van der Waals surface area contributed by atoms with Gasteiger partial charge < -0.3 is 10.1 Å². The minimum atomic E-state index is -0.573. The van der Waals surface area contributed by atoms with Crippen molar-refractivity contribution in [2.75, 3.05) is 25.6 Å². The van der Waals surface area contributed by atoms with Gasteiger partial charge in [0.1, 0.15) is 5.25 Å². The van der Waals surface area contributed by atoms with E-state index in [9.17, 15) is 9.59 Å². The van der Waals surface area contributed by atoms with Gasteiger partial charge in [0.15, 0.2) is 5.17 Å². The first-order valence-corrected chi connectivity index (χ1v) is 11.3. The van der Waals surface area contributed by atoms with Crippen LogP contribution in [0.4, 0.5) is 11.4 Å². The van der Waals surface area contributed by atoms with Crippen molar-refractivity contribution in [3.63, 3.8) is 0 Å². The Kier molecular flexibility index (Phi) is 8.00. The number of thioether (sulfide) groups is 1. The number of hydrogen-bond donors (Lipinski definition) is 1. The van der Waals surface area contributed by atoms with Crippen molar-refractivity contribution in [1.29, 1.82) is 0 Å². The van der Waals surface area contributed by atoms with Crippen LogP contribution in [-0.2, 0) is 14.3 Å². The van der Waals surface area contributed by atoms with E-state index in [1.54, 1.807) is 36.3 Å². The Morgan fingerprint density at radius 2 is 2.00 bits per heavy atom. The number of aryl methyl sites for hydroxylation is 1. The second-order valence-electron chi connectivity index (χ2n) is 7.08. The monoisotopic (exact) mass is 479 g/mol. The Balaban J connectivity index is 1.77. The van der Waals surface area contributed by atoms with E-state index >= 15 is 0 Å². The van der Waals surface area contributed by atoms with Crippen molar-refractivity contribution in [1.82, 2.24) is 4.90 Å². The third kappa shape index (κ3) is 5.80. The summed E-state index contributed by atoms with van der Waals surface area (Å²) in [6, 6.07) is 10.8. The van der Waals surface area contributed by atoms with Gasteiger partial charge in [0.2, 0.25) is 11.8 Å². The van der Waals surface area contributed by atoms with Crippen LogP contribution in [0.15, 0.2) is 41.4 Å². The number of methoxy groups -OCH3 is 1. The van der Waals surface area contributed by atoms with Crippen molar-refractivity contribution in [3.05, 3.63) is 57.6 Å². The zero-order valence-corrected chi connectivity index (χ0v) is 19.8. The third-order valence-corrected chi connectivity index (χ3v) is 6.82. The average molecular weight is 480 g/mol. The van der Waals surface area contributed by atoms with Gasteiger partial charge in [0, 0.05) is 29.3 Å². The van der Waals surface area contributed by atoms with Gasteiger partial charge in [-0.2, -0.15) is 0 Å². The molecule has 1 heterocycles. The molecule has 2 aromatic carbocycles. The molecule has 0 saturated carbocycles. The molecule has 2 amide bonds.